The minimum Gasteiger partial charge on any atom is -0.342 e. The Morgan fingerprint density at radius 2 is 1.82 bits per heavy atom. The minimum absolute atomic E-state index is 0.0589. The van der Waals surface area contributed by atoms with Crippen LogP contribution in [0.5, 0.6) is 0 Å². The fourth-order valence-corrected chi connectivity index (χ4v) is 8.24. The smallest absolute Gasteiger partial charge is 0.268 e. The molecule has 3 aliphatic heterocycles. The number of ketones is 1. The van der Waals surface area contributed by atoms with Crippen LogP contribution in [-0.2, 0) is 24.4 Å². The van der Waals surface area contributed by atoms with E-state index in [1.807, 2.05) is 30.9 Å². The van der Waals surface area contributed by atoms with Crippen LogP contribution < -0.4 is 5.56 Å². The number of nitrogens with zero attached hydrogens (tertiary/aromatic N) is 3. The number of amides is 2. The first kappa shape index (κ1) is 27.5. The summed E-state index contributed by atoms with van der Waals surface area (Å²) in [5.74, 6) is -0.411. The Morgan fingerprint density at radius 3 is 2.54 bits per heavy atom. The topological polar surface area (TPSA) is 128 Å². The number of piperidine rings is 1. The van der Waals surface area contributed by atoms with E-state index in [1.54, 1.807) is 0 Å². The van der Waals surface area contributed by atoms with Gasteiger partial charge in [0.05, 0.1) is 12.6 Å². The summed E-state index contributed by atoms with van der Waals surface area (Å²) < 4.78 is 27.7. The van der Waals surface area contributed by atoms with E-state index in [0.717, 1.165) is 10.7 Å². The number of pyridine rings is 1. The van der Waals surface area contributed by atoms with Crippen molar-refractivity contribution >= 4 is 27.6 Å². The number of aromatic nitrogens is 1. The molecule has 1 aliphatic carbocycles. The highest BCUT2D eigenvalue weighted by molar-refractivity contribution is 7.89. The van der Waals surface area contributed by atoms with Crippen molar-refractivity contribution < 1.29 is 22.8 Å². The molecule has 2 amide bonds. The first-order valence-corrected chi connectivity index (χ1v) is 15.2. The van der Waals surface area contributed by atoms with E-state index in [-0.39, 0.29) is 48.9 Å². The van der Waals surface area contributed by atoms with Crippen LogP contribution in [0.4, 0.5) is 0 Å². The van der Waals surface area contributed by atoms with E-state index in [2.05, 4.69) is 17.1 Å². The third-order valence-corrected chi connectivity index (χ3v) is 10.3. The van der Waals surface area contributed by atoms with Crippen LogP contribution in [0.25, 0.3) is 0 Å². The number of aromatic amines is 1. The lowest BCUT2D eigenvalue weighted by atomic mass is 9.82. The van der Waals surface area contributed by atoms with Crippen molar-refractivity contribution in [2.75, 3.05) is 26.2 Å². The SMILES string of the molecule is CC(C)CC(CC(=O)N1CCC2C=CC=CC2C1)C(=O)N1CCC2C1C(=O)CN2S(=O)(=O)c1ccc[nH]c1=O. The van der Waals surface area contributed by atoms with Crippen molar-refractivity contribution in [3.8, 4) is 0 Å². The lowest BCUT2D eigenvalue weighted by molar-refractivity contribution is -0.144. The average Bonchev–Trinajstić information content (AvgIpc) is 3.49. The highest BCUT2D eigenvalue weighted by atomic mass is 32.2. The molecule has 1 aromatic heterocycles. The zero-order valence-electron chi connectivity index (χ0n) is 22.4. The number of allylic oxidation sites excluding steroid dienone is 3. The van der Waals surface area contributed by atoms with Crippen molar-refractivity contribution in [1.29, 1.82) is 0 Å². The number of rotatable bonds is 7. The second-order valence-corrected chi connectivity index (χ2v) is 13.3. The summed E-state index contributed by atoms with van der Waals surface area (Å²) >= 11 is 0. The maximum atomic E-state index is 13.9. The summed E-state index contributed by atoms with van der Waals surface area (Å²) in [6.45, 7) is 5.11. The van der Waals surface area contributed by atoms with Gasteiger partial charge in [-0.25, -0.2) is 8.42 Å². The molecular formula is C28H36N4O6S. The van der Waals surface area contributed by atoms with E-state index >= 15 is 0 Å². The molecule has 0 bridgehead atoms. The third kappa shape index (κ3) is 5.26. The number of carbonyl (C=O) groups is 3. The highest BCUT2D eigenvalue weighted by Crippen LogP contribution is 2.36. The quantitative estimate of drug-likeness (QED) is 0.543. The van der Waals surface area contributed by atoms with Gasteiger partial charge in [0.1, 0.15) is 10.9 Å². The molecule has 1 aromatic rings. The largest absolute Gasteiger partial charge is 0.342 e. The molecule has 5 unspecified atom stereocenters. The number of likely N-dealkylation sites (tertiary alicyclic amines) is 2. The maximum Gasteiger partial charge on any atom is 0.268 e. The van der Waals surface area contributed by atoms with E-state index < -0.39 is 38.5 Å². The number of H-pyrrole nitrogens is 1. The molecule has 3 saturated heterocycles. The number of nitrogens with one attached hydrogen (secondary N) is 1. The normalized spacial score (nSPS) is 27.6. The number of fused-ring (bicyclic) bond motifs is 2. The van der Waals surface area contributed by atoms with Gasteiger partial charge in [-0.15, -0.1) is 0 Å². The zero-order chi connectivity index (χ0) is 27.9. The van der Waals surface area contributed by atoms with Crippen molar-refractivity contribution in [2.24, 2.45) is 23.7 Å². The molecule has 0 saturated carbocycles. The van der Waals surface area contributed by atoms with Gasteiger partial charge in [-0.2, -0.15) is 4.31 Å². The Kier molecular flexibility index (Phi) is 7.65. The Hall–Kier alpha value is -3.05. The Balaban J connectivity index is 1.31. The van der Waals surface area contributed by atoms with Gasteiger partial charge in [0.2, 0.25) is 21.8 Å². The molecule has 11 heteroatoms. The molecule has 0 radical (unpaired) electrons. The fraction of sp³-hybridized carbons (Fsp3) is 0.571. The first-order valence-electron chi connectivity index (χ1n) is 13.7. The third-order valence-electron chi connectivity index (χ3n) is 8.45. The summed E-state index contributed by atoms with van der Waals surface area (Å²) in [7, 11) is -4.23. The molecule has 0 aromatic carbocycles. The molecule has 210 valence electrons. The summed E-state index contributed by atoms with van der Waals surface area (Å²) in [6, 6.07) is 1.00. The molecule has 10 nitrogen and oxygen atoms in total. The highest BCUT2D eigenvalue weighted by Gasteiger charge is 2.54. The number of hydrogen-bond donors (Lipinski definition) is 1. The number of carbonyl (C=O) groups excluding carboxylic acids is 3. The Morgan fingerprint density at radius 1 is 1.08 bits per heavy atom. The van der Waals surface area contributed by atoms with Gasteiger partial charge < -0.3 is 14.8 Å². The number of sulfonamides is 1. The Bertz CT molecular complexity index is 1370. The van der Waals surface area contributed by atoms with Crippen LogP contribution in [0.1, 0.15) is 39.5 Å². The lowest BCUT2D eigenvalue weighted by Crippen LogP contribution is -2.48. The van der Waals surface area contributed by atoms with E-state index in [0.29, 0.717) is 31.8 Å². The average molecular weight is 557 g/mol. The van der Waals surface area contributed by atoms with Gasteiger partial charge in [0.25, 0.3) is 5.56 Å². The number of Topliss-reactive ketones (excluding diaryl/α,β-unsaturated/α-hetero) is 1. The monoisotopic (exact) mass is 556 g/mol. The van der Waals surface area contributed by atoms with Gasteiger partial charge in [0.15, 0.2) is 5.78 Å². The molecule has 5 atom stereocenters. The first-order chi connectivity index (χ1) is 18.6. The standard InChI is InChI=1S/C28H36N4O6S/c1-18(2)14-21(15-25(34)30-12-9-19-6-3-4-7-20(19)16-30)28(36)31-13-10-22-26(31)23(33)17-32(22)39(37,38)24-8-5-11-29-27(24)35/h3-8,11,18-22,26H,9-10,12-17H2,1-2H3,(H,29,35). The van der Waals surface area contributed by atoms with Crippen molar-refractivity contribution in [2.45, 2.75) is 56.5 Å². The van der Waals surface area contributed by atoms with Crippen molar-refractivity contribution in [3.05, 3.63) is 53.0 Å². The van der Waals surface area contributed by atoms with Crippen LogP contribution in [-0.4, -0.2) is 83.4 Å². The fourth-order valence-electron chi connectivity index (χ4n) is 6.57. The van der Waals surface area contributed by atoms with E-state index in [1.165, 1.54) is 23.2 Å². The zero-order valence-corrected chi connectivity index (χ0v) is 23.2. The number of hydrogen-bond acceptors (Lipinski definition) is 6. The van der Waals surface area contributed by atoms with Gasteiger partial charge in [-0.3, -0.25) is 19.2 Å². The minimum atomic E-state index is -4.23. The van der Waals surface area contributed by atoms with Crippen molar-refractivity contribution in [3.63, 3.8) is 0 Å². The van der Waals surface area contributed by atoms with Crippen LogP contribution in [0, 0.1) is 23.7 Å². The summed E-state index contributed by atoms with van der Waals surface area (Å²) in [5, 5.41) is 0. The van der Waals surface area contributed by atoms with E-state index in [4.69, 9.17) is 0 Å². The maximum absolute atomic E-state index is 13.9. The molecule has 4 aliphatic rings. The van der Waals surface area contributed by atoms with Crippen molar-refractivity contribution in [1.82, 2.24) is 19.1 Å². The van der Waals surface area contributed by atoms with Crippen LogP contribution in [0.2, 0.25) is 0 Å². The molecule has 0 spiro atoms. The predicted molar refractivity (Wildman–Crippen MR) is 144 cm³/mol. The van der Waals surface area contributed by atoms with Crippen LogP contribution >= 0.6 is 0 Å². The van der Waals surface area contributed by atoms with Gasteiger partial charge in [0, 0.05) is 44.1 Å². The molecule has 1 N–H and O–H groups in total. The molecule has 3 fully saturated rings. The van der Waals surface area contributed by atoms with Crippen LogP contribution in [0.3, 0.4) is 0 Å². The lowest BCUT2D eigenvalue weighted by Gasteiger charge is -2.38. The molecule has 5 rings (SSSR count). The second-order valence-electron chi connectivity index (χ2n) is 11.5. The van der Waals surface area contributed by atoms with Crippen LogP contribution in [0.15, 0.2) is 52.3 Å². The Labute approximate surface area is 228 Å². The van der Waals surface area contributed by atoms with Gasteiger partial charge in [-0.1, -0.05) is 38.2 Å². The predicted octanol–water partition coefficient (Wildman–Crippen LogP) is 1.56. The molecule has 4 heterocycles. The van der Waals surface area contributed by atoms with E-state index in [9.17, 15) is 27.6 Å². The summed E-state index contributed by atoms with van der Waals surface area (Å²) in [5.41, 5.74) is -0.751. The second kappa shape index (κ2) is 10.8. The van der Waals surface area contributed by atoms with Gasteiger partial charge >= 0.3 is 0 Å². The molecule has 39 heavy (non-hydrogen) atoms. The summed E-state index contributed by atoms with van der Waals surface area (Å²) in [4.78, 5) is 57.9. The summed E-state index contributed by atoms with van der Waals surface area (Å²) in [6.07, 6.45) is 11.5. The van der Waals surface area contributed by atoms with Gasteiger partial charge in [-0.05, 0) is 43.2 Å². The molecular weight excluding hydrogens is 520 g/mol.